The minimum Gasteiger partial charge on any atom is -0.355 e. The fourth-order valence-corrected chi connectivity index (χ4v) is 3.50. The number of rotatable bonds is 4. The van der Waals surface area contributed by atoms with Gasteiger partial charge in [0.1, 0.15) is 0 Å². The highest BCUT2D eigenvalue weighted by molar-refractivity contribution is 5.79. The molecule has 2 N–H and O–H groups in total. The Hall–Kier alpha value is -3.29. The van der Waals surface area contributed by atoms with Gasteiger partial charge in [0.2, 0.25) is 5.91 Å². The first-order valence-electron chi connectivity index (χ1n) is 9.20. The minimum absolute atomic E-state index is 0.0400. The van der Waals surface area contributed by atoms with Crippen LogP contribution in [-0.2, 0) is 30.4 Å². The molecule has 4 rings (SSSR count). The van der Waals surface area contributed by atoms with Crippen LogP contribution in [0, 0.1) is 0 Å². The van der Waals surface area contributed by atoms with Crippen LogP contribution >= 0.6 is 0 Å². The summed E-state index contributed by atoms with van der Waals surface area (Å²) in [5.41, 5.74) is 3.73. The Morgan fingerprint density at radius 3 is 2.66 bits per heavy atom. The molecule has 1 aromatic heterocycles. The van der Waals surface area contributed by atoms with Crippen molar-refractivity contribution in [2.24, 2.45) is 0 Å². The van der Waals surface area contributed by atoms with Crippen LogP contribution in [0.15, 0.2) is 54.9 Å². The number of benzene rings is 2. The Labute approximate surface area is 165 Å². The van der Waals surface area contributed by atoms with Gasteiger partial charge in [-0.3, -0.25) is 9.89 Å². The van der Waals surface area contributed by atoms with E-state index in [0.29, 0.717) is 31.6 Å². The molecule has 2 heterocycles. The van der Waals surface area contributed by atoms with Gasteiger partial charge >= 0.3 is 6.18 Å². The Morgan fingerprint density at radius 2 is 1.97 bits per heavy atom. The zero-order valence-electron chi connectivity index (χ0n) is 15.5. The van der Waals surface area contributed by atoms with Gasteiger partial charge in [-0.2, -0.15) is 18.3 Å². The molecule has 0 aliphatic carbocycles. The third-order valence-corrected chi connectivity index (χ3v) is 5.02. The molecule has 5 nitrogen and oxygen atoms in total. The topological polar surface area (TPSA) is 61.0 Å². The van der Waals surface area contributed by atoms with Crippen molar-refractivity contribution in [3.63, 3.8) is 0 Å². The van der Waals surface area contributed by atoms with Gasteiger partial charge in [0.15, 0.2) is 0 Å². The fraction of sp³-hybridized carbons (Fsp3) is 0.238. The van der Waals surface area contributed by atoms with E-state index in [4.69, 9.17) is 0 Å². The van der Waals surface area contributed by atoms with E-state index in [1.807, 2.05) is 23.1 Å². The number of halogens is 3. The number of anilines is 2. The number of carbonyl (C=O) groups excluding carboxylic acids is 1. The third kappa shape index (κ3) is 4.26. The molecular weight excluding hydrogens is 381 g/mol. The summed E-state index contributed by atoms with van der Waals surface area (Å²) in [6.45, 7) is 1.10. The van der Waals surface area contributed by atoms with Gasteiger partial charge < -0.3 is 10.2 Å². The maximum absolute atomic E-state index is 12.7. The largest absolute Gasteiger partial charge is 0.416 e. The number of fused-ring (bicyclic) bond motifs is 1. The molecular formula is C21H19F3N4O. The van der Waals surface area contributed by atoms with Crippen LogP contribution < -0.4 is 5.32 Å². The van der Waals surface area contributed by atoms with Crippen LogP contribution in [0.4, 0.5) is 24.5 Å². The van der Waals surface area contributed by atoms with Crippen LogP contribution in [0.5, 0.6) is 0 Å². The molecule has 29 heavy (non-hydrogen) atoms. The van der Waals surface area contributed by atoms with Crippen molar-refractivity contribution in [2.45, 2.75) is 25.6 Å². The molecule has 0 atom stereocenters. The van der Waals surface area contributed by atoms with Crippen LogP contribution in [0.3, 0.4) is 0 Å². The van der Waals surface area contributed by atoms with E-state index in [1.165, 1.54) is 12.1 Å². The highest BCUT2D eigenvalue weighted by Gasteiger charge is 2.30. The smallest absolute Gasteiger partial charge is 0.355 e. The zero-order chi connectivity index (χ0) is 20.4. The van der Waals surface area contributed by atoms with E-state index < -0.39 is 11.7 Å². The van der Waals surface area contributed by atoms with Crippen molar-refractivity contribution >= 4 is 17.3 Å². The monoisotopic (exact) mass is 400 g/mol. The number of H-pyrrole nitrogens is 1. The highest BCUT2D eigenvalue weighted by atomic mass is 19.4. The fourth-order valence-electron chi connectivity index (χ4n) is 3.50. The van der Waals surface area contributed by atoms with E-state index >= 15 is 0 Å². The number of aromatic amines is 1. The molecule has 8 heteroatoms. The number of nitrogens with one attached hydrogen (secondary N) is 2. The summed E-state index contributed by atoms with van der Waals surface area (Å²) in [4.78, 5) is 14.4. The lowest BCUT2D eigenvalue weighted by molar-refractivity contribution is -0.137. The third-order valence-electron chi connectivity index (χ3n) is 5.02. The quantitative estimate of drug-likeness (QED) is 0.687. The molecule has 0 saturated carbocycles. The minimum atomic E-state index is -4.35. The first kappa shape index (κ1) is 19.0. The van der Waals surface area contributed by atoms with Crippen molar-refractivity contribution in [3.05, 3.63) is 77.1 Å². The number of hydrogen-bond donors (Lipinski definition) is 2. The number of aromatic nitrogens is 2. The second-order valence-electron chi connectivity index (χ2n) is 6.99. The predicted molar refractivity (Wildman–Crippen MR) is 103 cm³/mol. The molecule has 150 valence electrons. The highest BCUT2D eigenvalue weighted by Crippen LogP contribution is 2.32. The van der Waals surface area contributed by atoms with Crippen molar-refractivity contribution < 1.29 is 18.0 Å². The number of alkyl halides is 3. The van der Waals surface area contributed by atoms with Crippen LogP contribution in [0.1, 0.15) is 22.3 Å². The van der Waals surface area contributed by atoms with Gasteiger partial charge in [-0.25, -0.2) is 0 Å². The number of hydrogen-bond acceptors (Lipinski definition) is 3. The first-order chi connectivity index (χ1) is 13.9. The number of carbonyl (C=O) groups is 1. The second-order valence-corrected chi connectivity index (χ2v) is 6.99. The van der Waals surface area contributed by atoms with E-state index in [0.717, 1.165) is 34.5 Å². The lowest BCUT2D eigenvalue weighted by Crippen LogP contribution is -2.37. The maximum Gasteiger partial charge on any atom is 0.416 e. The Bertz CT molecular complexity index is 998. The SMILES string of the molecule is O=C(Cc1cn[nH]c1)N1CCc2c(cccc2Nc2ccc(C(F)(F)F)cc2)C1. The number of amides is 1. The summed E-state index contributed by atoms with van der Waals surface area (Å²) in [7, 11) is 0. The van der Waals surface area contributed by atoms with Gasteiger partial charge in [0, 0.05) is 30.7 Å². The van der Waals surface area contributed by atoms with Crippen LogP contribution in [-0.4, -0.2) is 27.5 Å². The molecule has 0 saturated heterocycles. The van der Waals surface area contributed by atoms with Gasteiger partial charge in [0.05, 0.1) is 18.2 Å². The molecule has 0 unspecified atom stereocenters. The lowest BCUT2D eigenvalue weighted by atomic mass is 9.97. The van der Waals surface area contributed by atoms with E-state index in [9.17, 15) is 18.0 Å². The molecule has 2 aromatic carbocycles. The van der Waals surface area contributed by atoms with Crippen molar-refractivity contribution in [3.8, 4) is 0 Å². The lowest BCUT2D eigenvalue weighted by Gasteiger charge is -2.30. The Balaban J connectivity index is 1.47. The van der Waals surface area contributed by atoms with Crippen LogP contribution in [0.25, 0.3) is 0 Å². The van der Waals surface area contributed by atoms with Gasteiger partial charge in [0.25, 0.3) is 0 Å². The molecule has 1 aliphatic rings. The van der Waals surface area contributed by atoms with Crippen molar-refractivity contribution in [2.75, 3.05) is 11.9 Å². The average Bonchev–Trinajstić information content (AvgIpc) is 3.20. The summed E-state index contributed by atoms with van der Waals surface area (Å²) in [6.07, 6.45) is -0.0216. The van der Waals surface area contributed by atoms with Crippen LogP contribution in [0.2, 0.25) is 0 Å². The van der Waals surface area contributed by atoms with Crippen molar-refractivity contribution in [1.29, 1.82) is 0 Å². The molecule has 0 bridgehead atoms. The van der Waals surface area contributed by atoms with E-state index in [1.54, 1.807) is 12.4 Å². The number of nitrogens with zero attached hydrogens (tertiary/aromatic N) is 2. The second kappa shape index (κ2) is 7.62. The predicted octanol–water partition coefficient (Wildman–Crippen LogP) is 4.30. The van der Waals surface area contributed by atoms with Gasteiger partial charge in [-0.1, -0.05) is 12.1 Å². The van der Waals surface area contributed by atoms with Crippen molar-refractivity contribution in [1.82, 2.24) is 15.1 Å². The zero-order valence-corrected chi connectivity index (χ0v) is 15.5. The molecule has 3 aromatic rings. The molecule has 1 aliphatic heterocycles. The maximum atomic E-state index is 12.7. The summed E-state index contributed by atoms with van der Waals surface area (Å²) >= 11 is 0. The average molecular weight is 400 g/mol. The molecule has 0 radical (unpaired) electrons. The molecule has 1 amide bonds. The van der Waals surface area contributed by atoms with E-state index in [2.05, 4.69) is 15.5 Å². The molecule has 0 fully saturated rings. The Morgan fingerprint density at radius 1 is 1.17 bits per heavy atom. The normalized spacial score (nSPS) is 13.8. The summed E-state index contributed by atoms with van der Waals surface area (Å²) in [5, 5.41) is 9.77. The summed E-state index contributed by atoms with van der Waals surface area (Å²) in [5.74, 6) is 0.0400. The van der Waals surface area contributed by atoms with Gasteiger partial charge in [-0.15, -0.1) is 0 Å². The first-order valence-corrected chi connectivity index (χ1v) is 9.20. The molecule has 0 spiro atoms. The summed E-state index contributed by atoms with van der Waals surface area (Å²) < 4.78 is 38.2. The Kier molecular flexibility index (Phi) is 5.00. The summed E-state index contributed by atoms with van der Waals surface area (Å²) in [6, 6.07) is 10.7. The van der Waals surface area contributed by atoms with E-state index in [-0.39, 0.29) is 5.91 Å². The standard InChI is InChI=1S/C21H19F3N4O/c22-21(23,24)16-4-6-17(7-5-16)27-19-3-1-2-15-13-28(9-8-18(15)19)20(29)10-14-11-25-26-12-14/h1-7,11-12,27H,8-10,13H2,(H,25,26). The van der Waals surface area contributed by atoms with Gasteiger partial charge in [-0.05, 0) is 53.4 Å².